The highest BCUT2D eigenvalue weighted by molar-refractivity contribution is 5.39. The summed E-state index contributed by atoms with van der Waals surface area (Å²) in [5, 5.41) is 3.72. The second kappa shape index (κ2) is 5.66. The van der Waals surface area contributed by atoms with E-state index in [4.69, 9.17) is 0 Å². The number of benzene rings is 1. The van der Waals surface area contributed by atoms with Gasteiger partial charge in [0, 0.05) is 6.04 Å². The summed E-state index contributed by atoms with van der Waals surface area (Å²) in [5.41, 5.74) is 3.48. The first-order chi connectivity index (χ1) is 8.97. The Morgan fingerprint density at radius 1 is 1.26 bits per heavy atom. The van der Waals surface area contributed by atoms with Crippen molar-refractivity contribution in [3.63, 3.8) is 0 Å². The lowest BCUT2D eigenvalue weighted by Crippen LogP contribution is -2.42. The standard InChI is InChI=1S/C18H29N/c1-6-19-17(13(2)3)15-11-12-18(4,5)16-10-8-7-9-14(15)16/h7-10,13,15,17,19H,6,11-12H2,1-5H3. The molecule has 1 heteroatoms. The van der Waals surface area contributed by atoms with Crippen molar-refractivity contribution in [3.05, 3.63) is 35.4 Å². The van der Waals surface area contributed by atoms with E-state index in [0.717, 1.165) is 6.54 Å². The van der Waals surface area contributed by atoms with Gasteiger partial charge in [0.2, 0.25) is 0 Å². The molecule has 1 aliphatic rings. The molecule has 0 aliphatic heterocycles. The normalized spacial score (nSPS) is 23.2. The maximum atomic E-state index is 3.72. The molecule has 1 aromatic rings. The number of hydrogen-bond donors (Lipinski definition) is 1. The Balaban J connectivity index is 2.38. The van der Waals surface area contributed by atoms with E-state index < -0.39 is 0 Å². The SMILES string of the molecule is CCNC(C(C)C)C1CCC(C)(C)c2ccccc21. The van der Waals surface area contributed by atoms with Gasteiger partial charge in [-0.25, -0.2) is 0 Å². The van der Waals surface area contributed by atoms with E-state index in [0.29, 0.717) is 23.3 Å². The van der Waals surface area contributed by atoms with Crippen LogP contribution >= 0.6 is 0 Å². The molecule has 0 radical (unpaired) electrons. The summed E-state index contributed by atoms with van der Waals surface area (Å²) < 4.78 is 0. The van der Waals surface area contributed by atoms with Crippen LogP contribution in [0.4, 0.5) is 0 Å². The molecule has 19 heavy (non-hydrogen) atoms. The summed E-state index contributed by atoms with van der Waals surface area (Å²) in [5.74, 6) is 1.35. The molecule has 0 aromatic heterocycles. The molecule has 0 spiro atoms. The molecule has 0 heterocycles. The molecule has 2 unspecified atom stereocenters. The third-order valence-electron chi connectivity index (χ3n) is 4.76. The monoisotopic (exact) mass is 259 g/mol. The van der Waals surface area contributed by atoms with Crippen molar-refractivity contribution in [2.45, 2.75) is 64.8 Å². The summed E-state index contributed by atoms with van der Waals surface area (Å²) in [7, 11) is 0. The van der Waals surface area contributed by atoms with Crippen LogP contribution < -0.4 is 5.32 Å². The Morgan fingerprint density at radius 2 is 1.95 bits per heavy atom. The average Bonchev–Trinajstić information content (AvgIpc) is 2.37. The highest BCUT2D eigenvalue weighted by Crippen LogP contribution is 2.44. The van der Waals surface area contributed by atoms with Crippen molar-refractivity contribution < 1.29 is 0 Å². The van der Waals surface area contributed by atoms with Crippen LogP contribution in [0.15, 0.2) is 24.3 Å². The molecule has 0 bridgehead atoms. The highest BCUT2D eigenvalue weighted by Gasteiger charge is 2.36. The summed E-state index contributed by atoms with van der Waals surface area (Å²) in [6.07, 6.45) is 2.60. The Bertz CT molecular complexity index is 419. The summed E-state index contributed by atoms with van der Waals surface area (Å²) in [6.45, 7) is 12.7. The maximum Gasteiger partial charge on any atom is 0.0159 e. The lowest BCUT2D eigenvalue weighted by Gasteiger charge is -2.41. The fourth-order valence-corrected chi connectivity index (χ4v) is 3.69. The number of likely N-dealkylation sites (N-methyl/N-ethyl adjacent to an activating group) is 1. The molecule has 0 fully saturated rings. The van der Waals surface area contributed by atoms with Crippen molar-refractivity contribution in [1.82, 2.24) is 5.32 Å². The van der Waals surface area contributed by atoms with Crippen molar-refractivity contribution in [2.24, 2.45) is 5.92 Å². The van der Waals surface area contributed by atoms with Gasteiger partial charge in [-0.05, 0) is 47.8 Å². The Labute approximate surface area is 118 Å². The lowest BCUT2D eigenvalue weighted by molar-refractivity contribution is 0.289. The van der Waals surface area contributed by atoms with E-state index in [-0.39, 0.29) is 0 Å². The van der Waals surface area contributed by atoms with Gasteiger partial charge in [-0.1, -0.05) is 58.9 Å². The van der Waals surface area contributed by atoms with E-state index in [1.54, 1.807) is 11.1 Å². The zero-order valence-electron chi connectivity index (χ0n) is 13.2. The summed E-state index contributed by atoms with van der Waals surface area (Å²) in [6, 6.07) is 9.69. The van der Waals surface area contributed by atoms with E-state index in [2.05, 4.69) is 64.2 Å². The first-order valence-electron chi connectivity index (χ1n) is 7.80. The van der Waals surface area contributed by atoms with Crippen LogP contribution in [0.2, 0.25) is 0 Å². The molecular formula is C18H29N. The second-order valence-corrected chi connectivity index (χ2v) is 6.94. The molecule has 0 saturated carbocycles. The molecular weight excluding hydrogens is 230 g/mol. The number of nitrogens with one attached hydrogen (secondary N) is 1. The second-order valence-electron chi connectivity index (χ2n) is 6.94. The fraction of sp³-hybridized carbons (Fsp3) is 0.667. The average molecular weight is 259 g/mol. The Kier molecular flexibility index (Phi) is 4.35. The third-order valence-corrected chi connectivity index (χ3v) is 4.76. The van der Waals surface area contributed by atoms with Crippen LogP contribution in [0, 0.1) is 5.92 Å². The first kappa shape index (κ1) is 14.6. The van der Waals surface area contributed by atoms with E-state index in [1.165, 1.54) is 12.8 Å². The quantitative estimate of drug-likeness (QED) is 0.841. The van der Waals surface area contributed by atoms with Gasteiger partial charge in [-0.15, -0.1) is 0 Å². The van der Waals surface area contributed by atoms with Crippen LogP contribution in [-0.4, -0.2) is 12.6 Å². The minimum atomic E-state index is 0.334. The third kappa shape index (κ3) is 2.86. The lowest BCUT2D eigenvalue weighted by atomic mass is 9.66. The molecule has 106 valence electrons. The molecule has 0 saturated heterocycles. The smallest absolute Gasteiger partial charge is 0.0159 e. The summed E-state index contributed by atoms with van der Waals surface area (Å²) in [4.78, 5) is 0. The van der Waals surface area contributed by atoms with Gasteiger partial charge < -0.3 is 5.32 Å². The fourth-order valence-electron chi connectivity index (χ4n) is 3.69. The van der Waals surface area contributed by atoms with Gasteiger partial charge in [0.25, 0.3) is 0 Å². The Morgan fingerprint density at radius 3 is 2.58 bits per heavy atom. The topological polar surface area (TPSA) is 12.0 Å². The predicted octanol–water partition coefficient (Wildman–Crippen LogP) is 4.48. The number of rotatable bonds is 4. The van der Waals surface area contributed by atoms with Gasteiger partial charge in [0.15, 0.2) is 0 Å². The van der Waals surface area contributed by atoms with Crippen LogP contribution in [0.5, 0.6) is 0 Å². The number of fused-ring (bicyclic) bond motifs is 1. The molecule has 1 aliphatic carbocycles. The maximum absolute atomic E-state index is 3.72. The van der Waals surface area contributed by atoms with E-state index in [9.17, 15) is 0 Å². The van der Waals surface area contributed by atoms with Gasteiger partial charge in [-0.3, -0.25) is 0 Å². The zero-order chi connectivity index (χ0) is 14.0. The van der Waals surface area contributed by atoms with Gasteiger partial charge in [-0.2, -0.15) is 0 Å². The van der Waals surface area contributed by atoms with Gasteiger partial charge in [0.05, 0.1) is 0 Å². The van der Waals surface area contributed by atoms with Crippen molar-refractivity contribution in [1.29, 1.82) is 0 Å². The van der Waals surface area contributed by atoms with Crippen LogP contribution in [0.3, 0.4) is 0 Å². The first-order valence-corrected chi connectivity index (χ1v) is 7.80. The minimum absolute atomic E-state index is 0.334. The van der Waals surface area contributed by atoms with E-state index >= 15 is 0 Å². The molecule has 1 nitrogen and oxygen atoms in total. The molecule has 0 amide bonds. The Hall–Kier alpha value is -0.820. The molecule has 2 atom stereocenters. The largest absolute Gasteiger partial charge is 0.313 e. The van der Waals surface area contributed by atoms with Crippen molar-refractivity contribution >= 4 is 0 Å². The van der Waals surface area contributed by atoms with Crippen molar-refractivity contribution in [2.75, 3.05) is 6.54 Å². The van der Waals surface area contributed by atoms with E-state index in [1.807, 2.05) is 0 Å². The van der Waals surface area contributed by atoms with Crippen LogP contribution in [-0.2, 0) is 5.41 Å². The van der Waals surface area contributed by atoms with Crippen LogP contribution in [0.25, 0.3) is 0 Å². The summed E-state index contributed by atoms with van der Waals surface area (Å²) >= 11 is 0. The molecule has 1 N–H and O–H groups in total. The van der Waals surface area contributed by atoms with Gasteiger partial charge in [0.1, 0.15) is 0 Å². The predicted molar refractivity (Wildman–Crippen MR) is 83.7 cm³/mol. The molecule has 1 aromatic carbocycles. The zero-order valence-corrected chi connectivity index (χ0v) is 13.2. The number of hydrogen-bond acceptors (Lipinski definition) is 1. The van der Waals surface area contributed by atoms with Crippen LogP contribution in [0.1, 0.15) is 64.5 Å². The minimum Gasteiger partial charge on any atom is -0.313 e. The molecule has 2 rings (SSSR count). The highest BCUT2D eigenvalue weighted by atomic mass is 14.9. The van der Waals surface area contributed by atoms with Crippen molar-refractivity contribution in [3.8, 4) is 0 Å². The van der Waals surface area contributed by atoms with Gasteiger partial charge >= 0.3 is 0 Å².